The maximum absolute atomic E-state index is 13.6. The van der Waals surface area contributed by atoms with Crippen molar-refractivity contribution in [3.63, 3.8) is 0 Å². The van der Waals surface area contributed by atoms with Crippen LogP contribution in [0.4, 0.5) is 4.39 Å². The number of halogens is 2. The van der Waals surface area contributed by atoms with Gasteiger partial charge in [0.1, 0.15) is 17.1 Å². The van der Waals surface area contributed by atoms with Gasteiger partial charge in [-0.3, -0.25) is 0 Å². The van der Waals surface area contributed by atoms with Crippen molar-refractivity contribution >= 4 is 17.6 Å². The summed E-state index contributed by atoms with van der Waals surface area (Å²) in [6.07, 6.45) is 1.19. The van der Waals surface area contributed by atoms with Crippen LogP contribution in [0, 0.1) is 12.7 Å². The van der Waals surface area contributed by atoms with E-state index in [0.29, 0.717) is 5.69 Å². The zero-order chi connectivity index (χ0) is 12.6. The van der Waals surface area contributed by atoms with Crippen molar-refractivity contribution in [1.29, 1.82) is 0 Å². The fourth-order valence-corrected chi connectivity index (χ4v) is 1.67. The zero-order valence-electron chi connectivity index (χ0n) is 8.82. The van der Waals surface area contributed by atoms with E-state index in [9.17, 15) is 9.18 Å². The van der Waals surface area contributed by atoms with Crippen LogP contribution in [0.3, 0.4) is 0 Å². The van der Waals surface area contributed by atoms with Gasteiger partial charge in [-0.25, -0.2) is 13.9 Å². The zero-order valence-corrected chi connectivity index (χ0v) is 9.57. The van der Waals surface area contributed by atoms with Crippen LogP contribution in [0.15, 0.2) is 24.4 Å². The molecule has 2 rings (SSSR count). The summed E-state index contributed by atoms with van der Waals surface area (Å²) in [7, 11) is 0. The Hall–Kier alpha value is -1.88. The summed E-state index contributed by atoms with van der Waals surface area (Å²) in [5.41, 5.74) is 0.567. The molecule has 0 saturated heterocycles. The van der Waals surface area contributed by atoms with Crippen molar-refractivity contribution in [1.82, 2.24) is 9.78 Å². The number of rotatable bonds is 2. The minimum atomic E-state index is -1.09. The van der Waals surface area contributed by atoms with Gasteiger partial charge in [-0.05, 0) is 25.1 Å². The highest BCUT2D eigenvalue weighted by Gasteiger charge is 2.15. The van der Waals surface area contributed by atoms with E-state index in [-0.39, 0.29) is 16.3 Å². The van der Waals surface area contributed by atoms with E-state index < -0.39 is 11.8 Å². The maximum Gasteiger partial charge on any atom is 0.339 e. The predicted octanol–water partition coefficient (Wildman–Crippen LogP) is 2.67. The van der Waals surface area contributed by atoms with E-state index in [0.717, 1.165) is 6.07 Å². The smallest absolute Gasteiger partial charge is 0.339 e. The van der Waals surface area contributed by atoms with E-state index >= 15 is 0 Å². The molecule has 17 heavy (non-hydrogen) atoms. The third kappa shape index (κ3) is 2.01. The molecule has 88 valence electrons. The van der Waals surface area contributed by atoms with Gasteiger partial charge in [0.15, 0.2) is 0 Å². The number of nitrogens with zero attached hydrogens (tertiary/aromatic N) is 2. The number of hydrogen-bond donors (Lipinski definition) is 1. The van der Waals surface area contributed by atoms with Crippen LogP contribution in [0.5, 0.6) is 0 Å². The molecule has 1 aromatic carbocycles. The monoisotopic (exact) mass is 254 g/mol. The second-order valence-electron chi connectivity index (χ2n) is 3.46. The molecule has 0 atom stereocenters. The van der Waals surface area contributed by atoms with E-state index in [2.05, 4.69) is 5.10 Å². The lowest BCUT2D eigenvalue weighted by atomic mass is 10.2. The molecular formula is C11H8ClFN2O2. The third-order valence-corrected chi connectivity index (χ3v) is 2.61. The van der Waals surface area contributed by atoms with Gasteiger partial charge in [-0.1, -0.05) is 11.6 Å². The fourth-order valence-electron chi connectivity index (χ4n) is 1.52. The fraction of sp³-hybridized carbons (Fsp3) is 0.0909. The summed E-state index contributed by atoms with van der Waals surface area (Å²) >= 11 is 5.64. The van der Waals surface area contributed by atoms with Crippen molar-refractivity contribution in [3.8, 4) is 5.69 Å². The molecule has 2 aromatic rings. The lowest BCUT2D eigenvalue weighted by molar-refractivity contribution is 0.0696. The molecule has 1 N–H and O–H groups in total. The summed E-state index contributed by atoms with van der Waals surface area (Å²) in [4.78, 5) is 10.8. The molecule has 0 radical (unpaired) electrons. The Kier molecular flexibility index (Phi) is 2.85. The van der Waals surface area contributed by atoms with Gasteiger partial charge < -0.3 is 5.11 Å². The summed E-state index contributed by atoms with van der Waals surface area (Å²) in [6, 6.07) is 4.11. The molecule has 0 aliphatic heterocycles. The summed E-state index contributed by atoms with van der Waals surface area (Å²) in [6.45, 7) is 1.56. The Morgan fingerprint density at radius 3 is 2.76 bits per heavy atom. The second-order valence-corrected chi connectivity index (χ2v) is 3.89. The number of aromatic nitrogens is 2. The van der Waals surface area contributed by atoms with Crippen LogP contribution < -0.4 is 0 Å². The van der Waals surface area contributed by atoms with Gasteiger partial charge in [0.2, 0.25) is 0 Å². The minimum absolute atomic E-state index is 0.0411. The molecule has 1 aromatic heterocycles. The molecule has 0 unspecified atom stereocenters. The Bertz CT molecular complexity index is 595. The molecular weight excluding hydrogens is 247 g/mol. The van der Waals surface area contributed by atoms with Crippen LogP contribution in [-0.2, 0) is 0 Å². The van der Waals surface area contributed by atoms with Crippen LogP contribution in [0.1, 0.15) is 16.1 Å². The highest BCUT2D eigenvalue weighted by molar-refractivity contribution is 6.30. The largest absolute Gasteiger partial charge is 0.478 e. The first kappa shape index (κ1) is 11.6. The molecule has 6 heteroatoms. The van der Waals surface area contributed by atoms with Gasteiger partial charge in [0.25, 0.3) is 0 Å². The van der Waals surface area contributed by atoms with Crippen molar-refractivity contribution in [2.24, 2.45) is 0 Å². The van der Waals surface area contributed by atoms with Gasteiger partial charge in [0, 0.05) is 5.02 Å². The summed E-state index contributed by atoms with van der Waals surface area (Å²) in [5.74, 6) is -1.65. The highest BCUT2D eigenvalue weighted by Crippen LogP contribution is 2.20. The van der Waals surface area contributed by atoms with Crippen molar-refractivity contribution < 1.29 is 14.3 Å². The Morgan fingerprint density at radius 2 is 2.24 bits per heavy atom. The summed E-state index contributed by atoms with van der Waals surface area (Å²) < 4.78 is 14.9. The molecule has 0 aliphatic rings. The third-order valence-electron chi connectivity index (χ3n) is 2.38. The molecule has 0 spiro atoms. The molecule has 1 heterocycles. The Balaban J connectivity index is 2.57. The average molecular weight is 255 g/mol. The lowest BCUT2D eigenvalue weighted by Crippen LogP contribution is -2.04. The predicted molar refractivity (Wildman–Crippen MR) is 60.2 cm³/mol. The van der Waals surface area contributed by atoms with Crippen molar-refractivity contribution in [2.75, 3.05) is 0 Å². The minimum Gasteiger partial charge on any atom is -0.478 e. The number of carboxylic acids is 1. The Morgan fingerprint density at radius 1 is 1.53 bits per heavy atom. The summed E-state index contributed by atoms with van der Waals surface area (Å²) in [5, 5.41) is 13.0. The van der Waals surface area contributed by atoms with E-state index in [1.54, 1.807) is 6.92 Å². The number of carboxylic acid groups (broad SMARTS) is 1. The number of aromatic carboxylic acids is 1. The van der Waals surface area contributed by atoms with Crippen LogP contribution in [0.25, 0.3) is 5.69 Å². The standard InChI is InChI=1S/C11H8ClFN2O2/c1-6-8(11(16)17)5-14-15(6)10-3-2-7(12)4-9(10)13/h2-5H,1H3,(H,16,17). The first-order valence-corrected chi connectivity index (χ1v) is 5.12. The van der Waals surface area contributed by atoms with E-state index in [1.807, 2.05) is 0 Å². The van der Waals surface area contributed by atoms with Crippen LogP contribution in [-0.4, -0.2) is 20.9 Å². The first-order chi connectivity index (χ1) is 8.00. The van der Waals surface area contributed by atoms with Crippen molar-refractivity contribution in [2.45, 2.75) is 6.92 Å². The quantitative estimate of drug-likeness (QED) is 0.896. The number of hydrogen-bond acceptors (Lipinski definition) is 2. The van der Waals surface area contributed by atoms with E-state index in [4.69, 9.17) is 16.7 Å². The normalized spacial score (nSPS) is 10.5. The molecule has 0 aliphatic carbocycles. The average Bonchev–Trinajstić information content (AvgIpc) is 2.60. The molecule has 0 bridgehead atoms. The van der Waals surface area contributed by atoms with Crippen LogP contribution in [0.2, 0.25) is 5.02 Å². The topological polar surface area (TPSA) is 55.1 Å². The molecule has 0 saturated carbocycles. The van der Waals surface area contributed by atoms with E-state index in [1.165, 1.54) is 23.0 Å². The Labute approximate surface area is 101 Å². The van der Waals surface area contributed by atoms with Gasteiger partial charge >= 0.3 is 5.97 Å². The lowest BCUT2D eigenvalue weighted by Gasteiger charge is -2.06. The second kappa shape index (κ2) is 4.18. The number of benzene rings is 1. The van der Waals surface area contributed by atoms with Crippen LogP contribution >= 0.6 is 11.6 Å². The van der Waals surface area contributed by atoms with Crippen molar-refractivity contribution in [3.05, 3.63) is 46.5 Å². The maximum atomic E-state index is 13.6. The molecule has 4 nitrogen and oxygen atoms in total. The van der Waals surface area contributed by atoms with Gasteiger partial charge in [-0.15, -0.1) is 0 Å². The molecule has 0 fully saturated rings. The first-order valence-electron chi connectivity index (χ1n) is 4.74. The SMILES string of the molecule is Cc1c(C(=O)O)cnn1-c1ccc(Cl)cc1F. The van der Waals surface area contributed by atoms with Gasteiger partial charge in [-0.2, -0.15) is 5.10 Å². The molecule has 0 amide bonds. The highest BCUT2D eigenvalue weighted by atomic mass is 35.5. The number of carbonyl (C=O) groups is 1. The van der Waals surface area contributed by atoms with Gasteiger partial charge in [0.05, 0.1) is 11.9 Å².